The molecule has 0 aromatic carbocycles. The number of hydrogen-bond donors (Lipinski definition) is 1. The number of nitrogens with one attached hydrogen (secondary N) is 1. The van der Waals surface area contributed by atoms with Gasteiger partial charge in [-0.25, -0.2) is 0 Å². The van der Waals surface area contributed by atoms with Gasteiger partial charge in [-0.1, -0.05) is 13.8 Å². The van der Waals surface area contributed by atoms with E-state index in [4.69, 9.17) is 0 Å². The molecule has 2 aliphatic heterocycles. The fraction of sp³-hybridized carbons (Fsp3) is 0.889. The Morgan fingerprint density at radius 1 is 1.58 bits per heavy atom. The summed E-state index contributed by atoms with van der Waals surface area (Å²) < 4.78 is 0. The lowest BCUT2D eigenvalue weighted by Crippen LogP contribution is -2.47. The zero-order chi connectivity index (χ0) is 8.72. The number of amides is 1. The fourth-order valence-corrected chi connectivity index (χ4v) is 2.16. The molecule has 0 aliphatic carbocycles. The van der Waals surface area contributed by atoms with Gasteiger partial charge in [-0.3, -0.25) is 4.79 Å². The van der Waals surface area contributed by atoms with Crippen molar-refractivity contribution < 1.29 is 4.79 Å². The number of nitrogens with zero attached hydrogens (tertiary/aromatic N) is 1. The molecule has 2 rings (SSSR count). The molecular weight excluding hydrogens is 152 g/mol. The number of likely N-dealkylation sites (tertiary alicyclic amines) is 1. The predicted octanol–water partition coefficient (Wildman–Crippen LogP) is 0.215. The van der Waals surface area contributed by atoms with E-state index in [0.717, 1.165) is 13.1 Å². The third-order valence-corrected chi connectivity index (χ3v) is 2.83. The molecule has 1 N–H and O–H groups in total. The lowest BCUT2D eigenvalue weighted by atomic mass is 10.1. The van der Waals surface area contributed by atoms with E-state index in [-0.39, 0.29) is 5.92 Å². The smallest absolute Gasteiger partial charge is 0.225 e. The Labute approximate surface area is 73.1 Å². The molecule has 12 heavy (non-hydrogen) atoms. The molecule has 2 aliphatic rings. The minimum Gasteiger partial charge on any atom is -0.337 e. The second-order valence-corrected chi connectivity index (χ2v) is 4.14. The maximum Gasteiger partial charge on any atom is 0.225 e. The molecule has 2 fully saturated rings. The molecule has 68 valence electrons. The van der Waals surface area contributed by atoms with Crippen molar-refractivity contribution in [1.29, 1.82) is 0 Å². The standard InChI is InChI=1S/C9H16N2O/c1-6(2)9(12)11-5-7-3-8(11)4-10-7/h6-8,10H,3-5H2,1-2H3/t7-,8-/m0/s1. The van der Waals surface area contributed by atoms with E-state index in [1.807, 2.05) is 18.7 Å². The molecule has 3 nitrogen and oxygen atoms in total. The second kappa shape index (κ2) is 2.73. The van der Waals surface area contributed by atoms with Gasteiger partial charge in [0.15, 0.2) is 0 Å². The van der Waals surface area contributed by atoms with E-state index in [1.54, 1.807) is 0 Å². The fourth-order valence-electron chi connectivity index (χ4n) is 2.16. The van der Waals surface area contributed by atoms with Crippen molar-refractivity contribution in [2.45, 2.75) is 32.4 Å². The van der Waals surface area contributed by atoms with Gasteiger partial charge >= 0.3 is 0 Å². The second-order valence-electron chi connectivity index (χ2n) is 4.14. The van der Waals surface area contributed by atoms with Gasteiger partial charge in [0.2, 0.25) is 5.91 Å². The van der Waals surface area contributed by atoms with Gasteiger partial charge in [0.05, 0.1) is 0 Å². The highest BCUT2D eigenvalue weighted by Crippen LogP contribution is 2.24. The van der Waals surface area contributed by atoms with Gasteiger partial charge in [0.25, 0.3) is 0 Å². The van der Waals surface area contributed by atoms with Crippen molar-refractivity contribution >= 4 is 5.91 Å². The van der Waals surface area contributed by atoms with Crippen LogP contribution in [0.3, 0.4) is 0 Å². The minimum atomic E-state index is 0.157. The van der Waals surface area contributed by atoms with Crippen LogP contribution in [0, 0.1) is 5.92 Å². The summed E-state index contributed by atoms with van der Waals surface area (Å²) in [6.07, 6.45) is 1.17. The van der Waals surface area contributed by atoms with Crippen molar-refractivity contribution in [3.05, 3.63) is 0 Å². The summed E-state index contributed by atoms with van der Waals surface area (Å²) in [5, 5.41) is 3.39. The van der Waals surface area contributed by atoms with Crippen LogP contribution in [0.4, 0.5) is 0 Å². The first-order valence-electron chi connectivity index (χ1n) is 4.72. The van der Waals surface area contributed by atoms with E-state index in [9.17, 15) is 4.79 Å². The number of rotatable bonds is 1. The van der Waals surface area contributed by atoms with E-state index in [0.29, 0.717) is 18.0 Å². The summed E-state index contributed by atoms with van der Waals surface area (Å²) >= 11 is 0. The zero-order valence-electron chi connectivity index (χ0n) is 7.71. The molecule has 3 heteroatoms. The number of hydrogen-bond acceptors (Lipinski definition) is 2. The van der Waals surface area contributed by atoms with E-state index >= 15 is 0 Å². The summed E-state index contributed by atoms with van der Waals surface area (Å²) in [5.74, 6) is 0.480. The number of piperazine rings is 1. The normalized spacial score (nSPS) is 33.4. The molecule has 1 amide bonds. The van der Waals surface area contributed by atoms with E-state index in [2.05, 4.69) is 5.32 Å². The monoisotopic (exact) mass is 168 g/mol. The first-order chi connectivity index (χ1) is 5.68. The first kappa shape index (κ1) is 8.05. The molecule has 0 unspecified atom stereocenters. The highest BCUT2D eigenvalue weighted by Gasteiger charge is 2.40. The van der Waals surface area contributed by atoms with Crippen LogP contribution in [0.1, 0.15) is 20.3 Å². The summed E-state index contributed by atoms with van der Waals surface area (Å²) in [7, 11) is 0. The molecule has 0 radical (unpaired) electrons. The van der Waals surface area contributed by atoms with Gasteiger partial charge in [-0.2, -0.15) is 0 Å². The van der Waals surface area contributed by atoms with Gasteiger partial charge in [0, 0.05) is 31.1 Å². The first-order valence-corrected chi connectivity index (χ1v) is 4.72. The topological polar surface area (TPSA) is 32.3 Å². The van der Waals surface area contributed by atoms with Gasteiger partial charge in [0.1, 0.15) is 0 Å². The molecule has 2 saturated heterocycles. The Hall–Kier alpha value is -0.570. The maximum absolute atomic E-state index is 11.6. The minimum absolute atomic E-state index is 0.157. The Kier molecular flexibility index (Phi) is 1.83. The van der Waals surface area contributed by atoms with Crippen molar-refractivity contribution in [3.8, 4) is 0 Å². The molecule has 2 heterocycles. The SMILES string of the molecule is CC(C)C(=O)N1C[C@@H]2C[C@H]1CN2. The van der Waals surface area contributed by atoms with Gasteiger partial charge in [-0.15, -0.1) is 0 Å². The van der Waals surface area contributed by atoms with Crippen molar-refractivity contribution in [1.82, 2.24) is 10.2 Å². The third-order valence-electron chi connectivity index (χ3n) is 2.83. The Morgan fingerprint density at radius 2 is 2.33 bits per heavy atom. The summed E-state index contributed by atoms with van der Waals surface area (Å²) in [6, 6.07) is 1.07. The molecule has 2 atom stereocenters. The van der Waals surface area contributed by atoms with Crippen LogP contribution in [0.2, 0.25) is 0 Å². The molecular formula is C9H16N2O. The van der Waals surface area contributed by atoms with E-state index < -0.39 is 0 Å². The number of fused-ring (bicyclic) bond motifs is 2. The van der Waals surface area contributed by atoms with Gasteiger partial charge in [-0.05, 0) is 6.42 Å². The summed E-state index contributed by atoms with van der Waals surface area (Å²) in [5.41, 5.74) is 0. The summed E-state index contributed by atoms with van der Waals surface area (Å²) in [4.78, 5) is 13.7. The molecule has 2 bridgehead atoms. The lowest BCUT2D eigenvalue weighted by molar-refractivity contribution is -0.135. The van der Waals surface area contributed by atoms with Gasteiger partial charge < -0.3 is 10.2 Å². The number of carbonyl (C=O) groups is 1. The van der Waals surface area contributed by atoms with Crippen LogP contribution in [0.25, 0.3) is 0 Å². The summed E-state index contributed by atoms with van der Waals surface area (Å²) in [6.45, 7) is 5.88. The van der Waals surface area contributed by atoms with Crippen molar-refractivity contribution in [3.63, 3.8) is 0 Å². The van der Waals surface area contributed by atoms with E-state index in [1.165, 1.54) is 6.42 Å². The average molecular weight is 168 g/mol. The maximum atomic E-state index is 11.6. The van der Waals surface area contributed by atoms with Crippen molar-refractivity contribution in [2.75, 3.05) is 13.1 Å². The molecule has 0 saturated carbocycles. The molecule has 0 aromatic heterocycles. The zero-order valence-corrected chi connectivity index (χ0v) is 7.71. The highest BCUT2D eigenvalue weighted by molar-refractivity contribution is 5.79. The van der Waals surface area contributed by atoms with Crippen LogP contribution in [-0.2, 0) is 4.79 Å². The van der Waals surface area contributed by atoms with Crippen LogP contribution in [-0.4, -0.2) is 36.0 Å². The molecule has 0 spiro atoms. The highest BCUT2D eigenvalue weighted by atomic mass is 16.2. The van der Waals surface area contributed by atoms with Crippen molar-refractivity contribution in [2.24, 2.45) is 5.92 Å². The molecule has 0 aromatic rings. The Morgan fingerprint density at radius 3 is 2.75 bits per heavy atom. The quantitative estimate of drug-likeness (QED) is 0.607. The third kappa shape index (κ3) is 1.12. The average Bonchev–Trinajstić information content (AvgIpc) is 2.62. The van der Waals surface area contributed by atoms with Crippen LogP contribution in [0.15, 0.2) is 0 Å². The Balaban J connectivity index is 2.02. The predicted molar refractivity (Wildman–Crippen MR) is 46.7 cm³/mol. The lowest BCUT2D eigenvalue weighted by Gasteiger charge is -2.28. The number of carbonyl (C=O) groups excluding carboxylic acids is 1. The largest absolute Gasteiger partial charge is 0.337 e. The van der Waals surface area contributed by atoms with Crippen LogP contribution in [0.5, 0.6) is 0 Å². The van der Waals surface area contributed by atoms with Crippen LogP contribution < -0.4 is 5.32 Å². The van der Waals surface area contributed by atoms with Crippen LogP contribution >= 0.6 is 0 Å². The Bertz CT molecular complexity index is 203.